The Morgan fingerprint density at radius 2 is 2.00 bits per heavy atom. The van der Waals surface area contributed by atoms with Gasteiger partial charge in [-0.05, 0) is 46.1 Å². The lowest BCUT2D eigenvalue weighted by Crippen LogP contribution is -2.23. The van der Waals surface area contributed by atoms with Gasteiger partial charge in [0, 0.05) is 6.04 Å². The molecule has 0 aliphatic rings. The fourth-order valence-electron chi connectivity index (χ4n) is 1.33. The Morgan fingerprint density at radius 1 is 1.42 bits per heavy atom. The topological polar surface area (TPSA) is 12.0 Å². The van der Waals surface area contributed by atoms with Gasteiger partial charge in [0.25, 0.3) is 0 Å². The van der Waals surface area contributed by atoms with Crippen molar-refractivity contribution in [2.75, 3.05) is 7.05 Å². The zero-order chi connectivity index (χ0) is 9.56. The van der Waals surface area contributed by atoms with Crippen molar-refractivity contribution in [1.29, 1.82) is 0 Å². The van der Waals surface area contributed by atoms with Crippen LogP contribution >= 0.6 is 0 Å². The summed E-state index contributed by atoms with van der Waals surface area (Å²) in [7, 11) is 2.02. The van der Waals surface area contributed by atoms with Gasteiger partial charge in [-0.1, -0.05) is 12.5 Å². The van der Waals surface area contributed by atoms with E-state index in [9.17, 15) is 0 Å². The lowest BCUT2D eigenvalue weighted by molar-refractivity contribution is 0.419. The second-order valence-electron chi connectivity index (χ2n) is 4.03. The summed E-state index contributed by atoms with van der Waals surface area (Å²) < 4.78 is 0. The average Bonchev–Trinajstić information content (AvgIpc) is 2.00. The predicted octanol–water partition coefficient (Wildman–Crippen LogP) is 2.98. The molecule has 0 aliphatic carbocycles. The molecule has 0 heterocycles. The van der Waals surface area contributed by atoms with E-state index in [-0.39, 0.29) is 0 Å². The molecule has 1 N–H and O–H groups in total. The van der Waals surface area contributed by atoms with Crippen LogP contribution in [0.3, 0.4) is 0 Å². The fourth-order valence-corrected chi connectivity index (χ4v) is 1.33. The normalized spacial score (nSPS) is 15.7. The molecule has 0 spiro atoms. The van der Waals surface area contributed by atoms with Gasteiger partial charge in [0.2, 0.25) is 0 Å². The quantitative estimate of drug-likeness (QED) is 0.603. The van der Waals surface area contributed by atoms with E-state index in [2.05, 4.69) is 32.7 Å². The van der Waals surface area contributed by atoms with E-state index in [1.54, 1.807) is 0 Å². The largest absolute Gasteiger partial charge is 0.317 e. The Labute approximate surface area is 77.2 Å². The first-order valence-electron chi connectivity index (χ1n) is 4.88. The molecule has 0 aliphatic heterocycles. The molecular formula is C11H23N. The van der Waals surface area contributed by atoms with E-state index in [4.69, 9.17) is 0 Å². The Morgan fingerprint density at radius 3 is 2.42 bits per heavy atom. The Balaban J connectivity index is 3.45. The molecule has 1 heteroatoms. The van der Waals surface area contributed by atoms with Crippen molar-refractivity contribution in [1.82, 2.24) is 5.32 Å². The summed E-state index contributed by atoms with van der Waals surface area (Å²) in [6.07, 6.45) is 3.72. The molecular weight excluding hydrogens is 146 g/mol. The van der Waals surface area contributed by atoms with Crippen LogP contribution in [0.4, 0.5) is 0 Å². The Kier molecular flexibility index (Phi) is 6.09. The minimum atomic E-state index is 0.644. The first kappa shape index (κ1) is 11.7. The lowest BCUT2D eigenvalue weighted by Gasteiger charge is -2.16. The summed E-state index contributed by atoms with van der Waals surface area (Å²) in [5.41, 5.74) is 1.30. The molecule has 1 nitrogen and oxygen atoms in total. The van der Waals surface area contributed by atoms with Gasteiger partial charge in [-0.25, -0.2) is 0 Å². The van der Waals surface area contributed by atoms with E-state index in [1.165, 1.54) is 24.8 Å². The summed E-state index contributed by atoms with van der Waals surface area (Å²) in [5.74, 6) is 0.809. The standard InChI is InChI=1S/C11H23N/c1-9(2)6-7-10(3)8-11(4)12-5/h10-12H,1,6-8H2,2-5H3. The second kappa shape index (κ2) is 6.24. The zero-order valence-corrected chi connectivity index (χ0v) is 8.98. The molecule has 0 fully saturated rings. The third-order valence-corrected chi connectivity index (χ3v) is 2.31. The van der Waals surface area contributed by atoms with Crippen LogP contribution in [-0.4, -0.2) is 13.1 Å². The predicted molar refractivity (Wildman–Crippen MR) is 56.4 cm³/mol. The van der Waals surface area contributed by atoms with E-state index in [0.29, 0.717) is 6.04 Å². The number of rotatable bonds is 6. The monoisotopic (exact) mass is 169 g/mol. The Bertz CT molecular complexity index is 129. The number of nitrogens with one attached hydrogen (secondary N) is 1. The van der Waals surface area contributed by atoms with Crippen LogP contribution in [0.15, 0.2) is 12.2 Å². The van der Waals surface area contributed by atoms with E-state index in [1.807, 2.05) is 7.05 Å². The molecule has 0 rings (SSSR count). The van der Waals surface area contributed by atoms with Crippen LogP contribution in [0, 0.1) is 5.92 Å². The number of allylic oxidation sites excluding steroid dienone is 1. The molecule has 0 aromatic rings. The maximum absolute atomic E-state index is 3.91. The SMILES string of the molecule is C=C(C)CCC(C)CC(C)NC. The average molecular weight is 169 g/mol. The van der Waals surface area contributed by atoms with Crippen molar-refractivity contribution in [3.05, 3.63) is 12.2 Å². The van der Waals surface area contributed by atoms with Crippen molar-refractivity contribution < 1.29 is 0 Å². The first-order valence-corrected chi connectivity index (χ1v) is 4.88. The maximum Gasteiger partial charge on any atom is 0.00382 e. The van der Waals surface area contributed by atoms with E-state index in [0.717, 1.165) is 5.92 Å². The molecule has 0 radical (unpaired) electrons. The minimum Gasteiger partial charge on any atom is -0.317 e. The summed E-state index contributed by atoms with van der Waals surface area (Å²) in [6.45, 7) is 10.6. The molecule has 0 saturated carbocycles. The minimum absolute atomic E-state index is 0.644. The molecule has 2 unspecified atom stereocenters. The molecule has 0 aromatic carbocycles. The van der Waals surface area contributed by atoms with Crippen LogP contribution in [0.1, 0.15) is 40.0 Å². The van der Waals surface area contributed by atoms with Crippen molar-refractivity contribution in [3.63, 3.8) is 0 Å². The van der Waals surface area contributed by atoms with Crippen LogP contribution < -0.4 is 5.32 Å². The number of hydrogen-bond donors (Lipinski definition) is 1. The summed E-state index contributed by atoms with van der Waals surface area (Å²) in [6, 6.07) is 0.644. The maximum atomic E-state index is 3.91. The van der Waals surface area contributed by atoms with Gasteiger partial charge in [0.15, 0.2) is 0 Å². The van der Waals surface area contributed by atoms with Crippen LogP contribution in [0.5, 0.6) is 0 Å². The van der Waals surface area contributed by atoms with Crippen LogP contribution in [-0.2, 0) is 0 Å². The first-order chi connectivity index (χ1) is 5.56. The summed E-state index contributed by atoms with van der Waals surface area (Å²) in [5, 5.41) is 3.26. The van der Waals surface area contributed by atoms with Crippen LogP contribution in [0.25, 0.3) is 0 Å². The molecule has 12 heavy (non-hydrogen) atoms. The highest BCUT2D eigenvalue weighted by atomic mass is 14.8. The number of hydrogen-bond acceptors (Lipinski definition) is 1. The highest BCUT2D eigenvalue weighted by molar-refractivity contribution is 4.88. The fraction of sp³-hybridized carbons (Fsp3) is 0.818. The third-order valence-electron chi connectivity index (χ3n) is 2.31. The van der Waals surface area contributed by atoms with Crippen molar-refractivity contribution in [2.24, 2.45) is 5.92 Å². The van der Waals surface area contributed by atoms with Gasteiger partial charge >= 0.3 is 0 Å². The van der Waals surface area contributed by atoms with Gasteiger partial charge in [-0.2, -0.15) is 0 Å². The van der Waals surface area contributed by atoms with Crippen molar-refractivity contribution in [2.45, 2.75) is 46.1 Å². The molecule has 0 amide bonds. The molecule has 0 aromatic heterocycles. The van der Waals surface area contributed by atoms with Gasteiger partial charge < -0.3 is 5.32 Å². The second-order valence-corrected chi connectivity index (χ2v) is 4.03. The van der Waals surface area contributed by atoms with E-state index >= 15 is 0 Å². The van der Waals surface area contributed by atoms with Crippen molar-refractivity contribution >= 4 is 0 Å². The van der Waals surface area contributed by atoms with E-state index < -0.39 is 0 Å². The summed E-state index contributed by atoms with van der Waals surface area (Å²) in [4.78, 5) is 0. The lowest BCUT2D eigenvalue weighted by atomic mass is 9.96. The summed E-state index contributed by atoms with van der Waals surface area (Å²) >= 11 is 0. The molecule has 72 valence electrons. The Hall–Kier alpha value is -0.300. The van der Waals surface area contributed by atoms with Crippen molar-refractivity contribution in [3.8, 4) is 0 Å². The van der Waals surface area contributed by atoms with Gasteiger partial charge in [-0.15, -0.1) is 6.58 Å². The highest BCUT2D eigenvalue weighted by Gasteiger charge is 2.06. The third kappa shape index (κ3) is 6.41. The molecule has 0 saturated heterocycles. The molecule has 0 bridgehead atoms. The van der Waals surface area contributed by atoms with Crippen LogP contribution in [0.2, 0.25) is 0 Å². The molecule has 2 atom stereocenters. The smallest absolute Gasteiger partial charge is 0.00382 e. The highest BCUT2D eigenvalue weighted by Crippen LogP contribution is 2.15. The van der Waals surface area contributed by atoms with Gasteiger partial charge in [0.05, 0.1) is 0 Å². The zero-order valence-electron chi connectivity index (χ0n) is 8.98. The van der Waals surface area contributed by atoms with Gasteiger partial charge in [-0.3, -0.25) is 0 Å². The van der Waals surface area contributed by atoms with Gasteiger partial charge in [0.1, 0.15) is 0 Å².